The van der Waals surface area contributed by atoms with Crippen molar-refractivity contribution in [1.82, 2.24) is 4.31 Å². The largest absolute Gasteiger partial charge is 0.375 e. The molecule has 0 aromatic heterocycles. The molecule has 2 heterocycles. The number of sulfonamides is 1. The maximum atomic E-state index is 13.4. The molecule has 1 unspecified atom stereocenters. The van der Waals surface area contributed by atoms with E-state index in [1.807, 2.05) is 67.6 Å². The maximum Gasteiger partial charge on any atom is 0.243 e. The smallest absolute Gasteiger partial charge is 0.243 e. The van der Waals surface area contributed by atoms with Crippen molar-refractivity contribution in [3.05, 3.63) is 78.4 Å². The second-order valence-corrected chi connectivity index (χ2v) is 11.7. The van der Waals surface area contributed by atoms with Crippen molar-refractivity contribution in [2.24, 2.45) is 11.7 Å². The average molecular weight is 479 g/mol. The average Bonchev–Trinajstić information content (AvgIpc) is 3.27. The monoisotopic (exact) mass is 478 g/mol. The molecule has 1 spiro atoms. The third-order valence-corrected chi connectivity index (χ3v) is 9.80. The summed E-state index contributed by atoms with van der Waals surface area (Å²) in [7, 11) is -3.59. The molecule has 2 saturated heterocycles. The van der Waals surface area contributed by atoms with Crippen LogP contribution in [-0.4, -0.2) is 43.9 Å². The van der Waals surface area contributed by atoms with Gasteiger partial charge in [-0.25, -0.2) is 8.42 Å². The van der Waals surface area contributed by atoms with Crippen molar-refractivity contribution in [1.29, 1.82) is 0 Å². The van der Waals surface area contributed by atoms with Gasteiger partial charge in [0, 0.05) is 19.0 Å². The Morgan fingerprint density at radius 3 is 2.32 bits per heavy atom. The van der Waals surface area contributed by atoms with Crippen LogP contribution in [0.2, 0.25) is 0 Å². The minimum absolute atomic E-state index is 0.0592. The van der Waals surface area contributed by atoms with Crippen LogP contribution in [0.1, 0.15) is 31.7 Å². The second-order valence-electron chi connectivity index (χ2n) is 9.74. The molecule has 0 radical (unpaired) electrons. The van der Waals surface area contributed by atoms with Gasteiger partial charge in [-0.15, -0.1) is 0 Å². The summed E-state index contributed by atoms with van der Waals surface area (Å²) in [5.74, 6) is -0.420. The number of primary amides is 1. The van der Waals surface area contributed by atoms with E-state index in [0.29, 0.717) is 43.9 Å². The Bertz CT molecular complexity index is 1320. The van der Waals surface area contributed by atoms with Crippen LogP contribution >= 0.6 is 0 Å². The lowest BCUT2D eigenvalue weighted by atomic mass is 9.68. The first-order valence-corrected chi connectivity index (χ1v) is 13.2. The maximum absolute atomic E-state index is 13.4. The molecule has 3 aromatic carbocycles. The first-order chi connectivity index (χ1) is 16.2. The predicted octanol–water partition coefficient (Wildman–Crippen LogP) is 3.84. The first-order valence-electron chi connectivity index (χ1n) is 11.7. The van der Waals surface area contributed by atoms with Crippen molar-refractivity contribution in [3.8, 4) is 0 Å². The normalized spacial score (nSPS) is 22.6. The molecule has 6 nitrogen and oxygen atoms in total. The molecule has 3 aromatic rings. The third kappa shape index (κ3) is 3.82. The summed E-state index contributed by atoms with van der Waals surface area (Å²) in [5.41, 5.74) is 5.54. The van der Waals surface area contributed by atoms with Crippen LogP contribution in [0.3, 0.4) is 0 Å². The molecule has 178 valence electrons. The molecule has 7 heteroatoms. The molecule has 5 rings (SSSR count). The number of carbonyl (C=O) groups is 1. The lowest BCUT2D eigenvalue weighted by molar-refractivity contribution is -0.125. The van der Waals surface area contributed by atoms with E-state index >= 15 is 0 Å². The van der Waals surface area contributed by atoms with Gasteiger partial charge in [0.25, 0.3) is 0 Å². The molecular weight excluding hydrogens is 448 g/mol. The van der Waals surface area contributed by atoms with Gasteiger partial charge in [-0.3, -0.25) is 4.79 Å². The van der Waals surface area contributed by atoms with Crippen LogP contribution in [0, 0.1) is 5.92 Å². The van der Waals surface area contributed by atoms with Crippen LogP contribution in [0.15, 0.2) is 77.7 Å². The van der Waals surface area contributed by atoms with E-state index in [2.05, 4.69) is 0 Å². The van der Waals surface area contributed by atoms with Gasteiger partial charge in [0.1, 0.15) is 0 Å². The number of benzene rings is 3. The Hall–Kier alpha value is -2.74. The molecule has 34 heavy (non-hydrogen) atoms. The van der Waals surface area contributed by atoms with E-state index in [0.717, 1.165) is 16.3 Å². The highest BCUT2D eigenvalue weighted by atomic mass is 32.2. The van der Waals surface area contributed by atoms with Crippen LogP contribution < -0.4 is 5.73 Å². The lowest BCUT2D eigenvalue weighted by Crippen LogP contribution is -2.48. The number of carbonyl (C=O) groups excluding carboxylic acids is 1. The number of amides is 1. The lowest BCUT2D eigenvalue weighted by Gasteiger charge is -2.39. The molecule has 2 N–H and O–H groups in total. The fourth-order valence-corrected chi connectivity index (χ4v) is 7.02. The summed E-state index contributed by atoms with van der Waals surface area (Å²) in [4.78, 5) is 12.9. The van der Waals surface area contributed by atoms with Gasteiger partial charge in [0.05, 0.1) is 22.5 Å². The fraction of sp³-hybridized carbons (Fsp3) is 0.370. The number of hydrogen-bond acceptors (Lipinski definition) is 4. The van der Waals surface area contributed by atoms with Crippen LogP contribution in [0.5, 0.6) is 0 Å². The number of piperidine rings is 1. The van der Waals surface area contributed by atoms with Gasteiger partial charge in [-0.05, 0) is 54.7 Å². The molecular formula is C27H30N2O4S. The summed E-state index contributed by atoms with van der Waals surface area (Å²) in [6.07, 6.45) is 1.88. The van der Waals surface area contributed by atoms with Gasteiger partial charge >= 0.3 is 0 Å². The van der Waals surface area contributed by atoms with Crippen molar-refractivity contribution < 1.29 is 17.9 Å². The number of ether oxygens (including phenoxy) is 1. The van der Waals surface area contributed by atoms with Gasteiger partial charge in [0.15, 0.2) is 0 Å². The molecule has 2 atom stereocenters. The SMILES string of the molecule is C[C@](C(N)=O)(c1ccccc1)C1COC2(CCN(S(=O)(=O)c3ccc4ccccc4c3)CC2)C1. The molecule has 0 bridgehead atoms. The van der Waals surface area contributed by atoms with Crippen molar-refractivity contribution in [3.63, 3.8) is 0 Å². The van der Waals surface area contributed by atoms with Crippen LogP contribution in [-0.2, 0) is 25.0 Å². The number of nitrogens with two attached hydrogens (primary N) is 1. The van der Waals surface area contributed by atoms with Crippen molar-refractivity contribution in [2.45, 2.75) is 42.1 Å². The molecule has 2 fully saturated rings. The van der Waals surface area contributed by atoms with E-state index in [-0.39, 0.29) is 11.8 Å². The topological polar surface area (TPSA) is 89.7 Å². The van der Waals surface area contributed by atoms with Gasteiger partial charge in [-0.1, -0.05) is 60.7 Å². The predicted molar refractivity (Wildman–Crippen MR) is 132 cm³/mol. The molecule has 0 saturated carbocycles. The third-order valence-electron chi connectivity index (χ3n) is 7.90. The highest BCUT2D eigenvalue weighted by molar-refractivity contribution is 7.89. The summed E-state index contributed by atoms with van der Waals surface area (Å²) >= 11 is 0. The molecule has 0 aliphatic carbocycles. The van der Waals surface area contributed by atoms with Crippen LogP contribution in [0.4, 0.5) is 0 Å². The molecule has 1 amide bonds. The van der Waals surface area contributed by atoms with Gasteiger partial charge < -0.3 is 10.5 Å². The Labute approximate surface area is 200 Å². The fourth-order valence-electron chi connectivity index (χ4n) is 5.54. The number of fused-ring (bicyclic) bond motifs is 1. The van der Waals surface area contributed by atoms with E-state index in [1.165, 1.54) is 0 Å². The standard InChI is InChI=1S/C27H30N2O4S/c1-26(25(28)30,22-9-3-2-4-10-22)23-18-27(33-19-23)13-15-29(16-14-27)34(31,32)24-12-11-20-7-5-6-8-21(20)17-24/h2-12,17,23H,13-16,18-19H2,1H3,(H2,28,30)/t23?,26-/m0/s1. The summed E-state index contributed by atoms with van der Waals surface area (Å²) < 4.78 is 34.6. The van der Waals surface area contributed by atoms with Crippen molar-refractivity contribution in [2.75, 3.05) is 19.7 Å². The van der Waals surface area contributed by atoms with E-state index in [1.54, 1.807) is 16.4 Å². The first kappa shape index (κ1) is 23.0. The zero-order valence-electron chi connectivity index (χ0n) is 19.3. The number of nitrogens with zero attached hydrogens (tertiary/aromatic N) is 1. The summed E-state index contributed by atoms with van der Waals surface area (Å²) in [6.45, 7) is 3.11. The van der Waals surface area contributed by atoms with Gasteiger partial charge in [-0.2, -0.15) is 4.31 Å². The van der Waals surface area contributed by atoms with E-state index < -0.39 is 21.0 Å². The zero-order chi connectivity index (χ0) is 24.0. The molecule has 2 aliphatic rings. The molecule has 2 aliphatic heterocycles. The Morgan fingerprint density at radius 1 is 1.00 bits per heavy atom. The van der Waals surface area contributed by atoms with Crippen molar-refractivity contribution >= 4 is 26.7 Å². The van der Waals surface area contributed by atoms with Crippen LogP contribution in [0.25, 0.3) is 10.8 Å². The van der Waals surface area contributed by atoms with E-state index in [4.69, 9.17) is 10.5 Å². The van der Waals surface area contributed by atoms with Gasteiger partial charge in [0.2, 0.25) is 15.9 Å². The van der Waals surface area contributed by atoms with E-state index in [9.17, 15) is 13.2 Å². The number of hydrogen-bond donors (Lipinski definition) is 1. The second kappa shape index (κ2) is 8.48. The summed E-state index contributed by atoms with van der Waals surface area (Å²) in [5, 5.41) is 1.92. The highest BCUT2D eigenvalue weighted by Gasteiger charge is 2.52. The quantitative estimate of drug-likeness (QED) is 0.603. The Balaban J connectivity index is 1.32. The highest BCUT2D eigenvalue weighted by Crippen LogP contribution is 2.47. The Morgan fingerprint density at radius 2 is 1.65 bits per heavy atom. The summed E-state index contributed by atoms with van der Waals surface area (Å²) in [6, 6.07) is 22.7. The minimum Gasteiger partial charge on any atom is -0.375 e. The number of rotatable bonds is 5. The minimum atomic E-state index is -3.59. The zero-order valence-corrected chi connectivity index (χ0v) is 20.1. The Kier molecular flexibility index (Phi) is 5.74.